The molecule has 1 aromatic carbocycles. The summed E-state index contributed by atoms with van der Waals surface area (Å²) >= 11 is 6.48. The number of aliphatic carboxylic acids is 1. The molecule has 0 saturated heterocycles. The molecular formula is C11H10Br2O3. The zero-order valence-corrected chi connectivity index (χ0v) is 11.7. The maximum atomic E-state index is 11.8. The highest BCUT2D eigenvalue weighted by atomic mass is 79.9. The molecule has 1 aromatic rings. The van der Waals surface area contributed by atoms with Crippen molar-refractivity contribution in [2.45, 2.75) is 18.2 Å². The van der Waals surface area contributed by atoms with Gasteiger partial charge in [-0.25, -0.2) is 0 Å². The predicted molar refractivity (Wildman–Crippen MR) is 68.2 cm³/mol. The number of carboxylic acids is 1. The van der Waals surface area contributed by atoms with Crippen LogP contribution < -0.4 is 0 Å². The molecule has 0 aromatic heterocycles. The lowest BCUT2D eigenvalue weighted by molar-refractivity contribution is -0.136. The van der Waals surface area contributed by atoms with Gasteiger partial charge in [0, 0.05) is 10.0 Å². The summed E-state index contributed by atoms with van der Waals surface area (Å²) < 4.78 is 0.679. The van der Waals surface area contributed by atoms with Crippen molar-refractivity contribution in [2.24, 2.45) is 0 Å². The molecule has 0 heterocycles. The average Bonchev–Trinajstić information content (AvgIpc) is 2.19. The molecule has 16 heavy (non-hydrogen) atoms. The molecule has 0 amide bonds. The van der Waals surface area contributed by atoms with Crippen molar-refractivity contribution in [1.29, 1.82) is 0 Å². The quantitative estimate of drug-likeness (QED) is 0.671. The molecule has 0 bridgehead atoms. The molecule has 1 N–H and O–H groups in total. The largest absolute Gasteiger partial charge is 0.481 e. The molecule has 0 aliphatic rings. The second-order valence-electron chi connectivity index (χ2n) is 3.36. The van der Waals surface area contributed by atoms with Crippen LogP contribution in [0.4, 0.5) is 0 Å². The molecule has 0 spiro atoms. The Morgan fingerprint density at radius 2 is 2.06 bits per heavy atom. The van der Waals surface area contributed by atoms with Crippen molar-refractivity contribution in [3.63, 3.8) is 0 Å². The summed E-state index contributed by atoms with van der Waals surface area (Å²) in [5, 5.41) is 8.67. The molecule has 0 aliphatic carbocycles. The van der Waals surface area contributed by atoms with E-state index in [1.807, 2.05) is 0 Å². The lowest BCUT2D eigenvalue weighted by Gasteiger charge is -2.07. The van der Waals surface area contributed by atoms with Gasteiger partial charge in [0.15, 0.2) is 5.78 Å². The fourth-order valence-electron chi connectivity index (χ4n) is 1.26. The Hall–Kier alpha value is -0.680. The monoisotopic (exact) mass is 348 g/mol. The number of Topliss-reactive ketones (excluding diaryl/α,β-unsaturated/α-hetero) is 1. The van der Waals surface area contributed by atoms with E-state index in [0.717, 1.165) is 0 Å². The number of hydrogen-bond donors (Lipinski definition) is 1. The second kappa shape index (κ2) is 5.59. The number of ketones is 1. The van der Waals surface area contributed by atoms with Crippen molar-refractivity contribution >= 4 is 43.6 Å². The molecular weight excluding hydrogens is 340 g/mol. The highest BCUT2D eigenvalue weighted by molar-refractivity contribution is 9.10. The van der Waals surface area contributed by atoms with Crippen LogP contribution in [0.1, 0.15) is 22.8 Å². The van der Waals surface area contributed by atoms with E-state index in [1.165, 1.54) is 0 Å². The van der Waals surface area contributed by atoms with Gasteiger partial charge < -0.3 is 5.11 Å². The number of carbonyl (C=O) groups excluding carboxylic acids is 1. The molecule has 1 atom stereocenters. The van der Waals surface area contributed by atoms with Gasteiger partial charge in [-0.05, 0) is 24.6 Å². The van der Waals surface area contributed by atoms with Crippen LogP contribution in [-0.4, -0.2) is 21.7 Å². The third-order valence-electron chi connectivity index (χ3n) is 2.01. The number of hydrogen-bond acceptors (Lipinski definition) is 2. The first-order valence-corrected chi connectivity index (χ1v) is 6.31. The molecule has 0 saturated carbocycles. The Bertz CT molecular complexity index is 427. The van der Waals surface area contributed by atoms with E-state index in [-0.39, 0.29) is 17.0 Å². The third kappa shape index (κ3) is 3.42. The van der Waals surface area contributed by atoms with Crippen LogP contribution in [0.25, 0.3) is 0 Å². The van der Waals surface area contributed by atoms with Crippen LogP contribution in [0, 0.1) is 0 Å². The summed E-state index contributed by atoms with van der Waals surface area (Å²) in [5.41, 5.74) is 1.12. The van der Waals surface area contributed by atoms with E-state index < -0.39 is 5.97 Å². The van der Waals surface area contributed by atoms with E-state index in [4.69, 9.17) is 5.11 Å². The summed E-state index contributed by atoms with van der Waals surface area (Å²) in [6.45, 7) is 1.73. The standard InChI is InChI=1S/C11H10Br2O3/c1-6(12)11(16)8-4-7(5-10(14)15)2-3-9(8)13/h2-4,6H,5H2,1H3,(H,14,15). The van der Waals surface area contributed by atoms with E-state index >= 15 is 0 Å². The maximum absolute atomic E-state index is 11.8. The van der Waals surface area contributed by atoms with Gasteiger partial charge in [0.25, 0.3) is 0 Å². The minimum absolute atomic E-state index is 0.0703. The fourth-order valence-corrected chi connectivity index (χ4v) is 1.95. The van der Waals surface area contributed by atoms with E-state index in [1.54, 1.807) is 25.1 Å². The number of halogens is 2. The summed E-state index contributed by atoms with van der Waals surface area (Å²) in [6.07, 6.45) is -0.0791. The molecule has 86 valence electrons. The smallest absolute Gasteiger partial charge is 0.307 e. The lowest BCUT2D eigenvalue weighted by Crippen LogP contribution is -2.11. The minimum atomic E-state index is -0.910. The molecule has 0 fully saturated rings. The molecule has 3 nitrogen and oxygen atoms in total. The van der Waals surface area contributed by atoms with Crippen LogP contribution in [0.15, 0.2) is 22.7 Å². The summed E-state index contributed by atoms with van der Waals surface area (Å²) in [6, 6.07) is 4.99. The number of carbonyl (C=O) groups is 2. The Morgan fingerprint density at radius 1 is 1.44 bits per heavy atom. The van der Waals surface area contributed by atoms with Crippen LogP contribution >= 0.6 is 31.9 Å². The molecule has 1 rings (SSSR count). The zero-order chi connectivity index (χ0) is 12.3. The number of benzene rings is 1. The highest BCUT2D eigenvalue weighted by Crippen LogP contribution is 2.22. The zero-order valence-electron chi connectivity index (χ0n) is 8.54. The van der Waals surface area contributed by atoms with E-state index in [2.05, 4.69) is 31.9 Å². The van der Waals surface area contributed by atoms with E-state index in [0.29, 0.717) is 15.6 Å². The summed E-state index contributed by atoms with van der Waals surface area (Å²) in [7, 11) is 0. The number of rotatable bonds is 4. The van der Waals surface area contributed by atoms with Crippen molar-refractivity contribution in [2.75, 3.05) is 0 Å². The predicted octanol–water partition coefficient (Wildman–Crippen LogP) is 3.04. The van der Waals surface area contributed by atoms with Gasteiger partial charge in [-0.1, -0.05) is 37.9 Å². The van der Waals surface area contributed by atoms with Crippen LogP contribution in [0.3, 0.4) is 0 Å². The van der Waals surface area contributed by atoms with Gasteiger partial charge in [-0.2, -0.15) is 0 Å². The minimum Gasteiger partial charge on any atom is -0.481 e. The molecule has 0 aliphatic heterocycles. The highest BCUT2D eigenvalue weighted by Gasteiger charge is 2.16. The third-order valence-corrected chi connectivity index (χ3v) is 3.12. The van der Waals surface area contributed by atoms with E-state index in [9.17, 15) is 9.59 Å². The van der Waals surface area contributed by atoms with Crippen LogP contribution in [0.2, 0.25) is 0 Å². The molecule has 0 radical (unpaired) electrons. The van der Waals surface area contributed by atoms with Crippen LogP contribution in [0.5, 0.6) is 0 Å². The van der Waals surface area contributed by atoms with Crippen molar-refractivity contribution in [3.8, 4) is 0 Å². The number of carboxylic acid groups (broad SMARTS) is 1. The van der Waals surface area contributed by atoms with Crippen molar-refractivity contribution in [3.05, 3.63) is 33.8 Å². The van der Waals surface area contributed by atoms with Gasteiger partial charge in [-0.15, -0.1) is 0 Å². The number of alkyl halides is 1. The first-order valence-electron chi connectivity index (χ1n) is 4.60. The Morgan fingerprint density at radius 3 is 2.56 bits per heavy atom. The van der Waals surface area contributed by atoms with Gasteiger partial charge in [0.05, 0.1) is 11.2 Å². The molecule has 1 unspecified atom stereocenters. The Labute approximate surface area is 110 Å². The molecule has 5 heteroatoms. The van der Waals surface area contributed by atoms with Gasteiger partial charge in [0.1, 0.15) is 0 Å². The average molecular weight is 350 g/mol. The van der Waals surface area contributed by atoms with Gasteiger partial charge in [0.2, 0.25) is 0 Å². The first-order chi connectivity index (χ1) is 7.41. The van der Waals surface area contributed by atoms with Crippen LogP contribution in [-0.2, 0) is 11.2 Å². The van der Waals surface area contributed by atoms with Crippen molar-refractivity contribution in [1.82, 2.24) is 0 Å². The summed E-state index contributed by atoms with van der Waals surface area (Å²) in [5.74, 6) is -0.980. The first kappa shape index (κ1) is 13.4. The van der Waals surface area contributed by atoms with Gasteiger partial charge in [-0.3, -0.25) is 9.59 Å². The fraction of sp³-hybridized carbons (Fsp3) is 0.273. The second-order valence-corrected chi connectivity index (χ2v) is 5.59. The topological polar surface area (TPSA) is 54.4 Å². The SMILES string of the molecule is CC(Br)C(=O)c1cc(CC(=O)O)ccc1Br. The lowest BCUT2D eigenvalue weighted by atomic mass is 10.0. The summed E-state index contributed by atoms with van der Waals surface area (Å²) in [4.78, 5) is 22.1. The van der Waals surface area contributed by atoms with Crippen molar-refractivity contribution < 1.29 is 14.7 Å². The Balaban J connectivity index is 3.08. The maximum Gasteiger partial charge on any atom is 0.307 e. The normalized spacial score (nSPS) is 12.2. The van der Waals surface area contributed by atoms with Gasteiger partial charge >= 0.3 is 5.97 Å². The Kier molecular flexibility index (Phi) is 4.68.